The molecule has 2 fully saturated rings. The van der Waals surface area contributed by atoms with Gasteiger partial charge < -0.3 is 20.3 Å². The van der Waals surface area contributed by atoms with E-state index in [1.165, 1.54) is 5.69 Å². The van der Waals surface area contributed by atoms with Crippen molar-refractivity contribution in [2.24, 2.45) is 5.73 Å². The van der Waals surface area contributed by atoms with Gasteiger partial charge in [0.15, 0.2) is 0 Å². The minimum absolute atomic E-state index is 0. The van der Waals surface area contributed by atoms with Gasteiger partial charge >= 0.3 is 0 Å². The summed E-state index contributed by atoms with van der Waals surface area (Å²) in [5, 5.41) is 0. The molecule has 1 aromatic rings. The van der Waals surface area contributed by atoms with E-state index in [0.717, 1.165) is 38.8 Å². The van der Waals surface area contributed by atoms with E-state index in [1.54, 1.807) is 0 Å². The summed E-state index contributed by atoms with van der Waals surface area (Å²) in [6.07, 6.45) is 3.58. The first kappa shape index (κ1) is 22.0. The summed E-state index contributed by atoms with van der Waals surface area (Å²) in [6.45, 7) is 2.44. The van der Waals surface area contributed by atoms with Crippen LogP contribution >= 0.6 is 24.8 Å². The molecule has 0 spiro atoms. The number of hydrogen-bond donors (Lipinski definition) is 1. The van der Waals surface area contributed by atoms with Crippen molar-refractivity contribution in [2.45, 2.75) is 43.9 Å². The summed E-state index contributed by atoms with van der Waals surface area (Å²) in [5.74, 6) is 0.112. The molecule has 7 heteroatoms. The number of halogens is 2. The summed E-state index contributed by atoms with van der Waals surface area (Å²) in [4.78, 5) is 17.0. The number of nitrogens with zero attached hydrogens (tertiary/aromatic N) is 2. The summed E-state index contributed by atoms with van der Waals surface area (Å²) in [5.41, 5.74) is 6.88. The lowest BCUT2D eigenvalue weighted by Gasteiger charge is -2.39. The Kier molecular flexibility index (Phi) is 9.00. The highest BCUT2D eigenvalue weighted by Crippen LogP contribution is 2.25. The number of hydrogen-bond acceptors (Lipinski definition) is 4. The lowest BCUT2D eigenvalue weighted by atomic mass is 10.0. The first-order valence-electron chi connectivity index (χ1n) is 8.61. The molecule has 1 unspecified atom stereocenters. The number of amides is 1. The van der Waals surface area contributed by atoms with Crippen molar-refractivity contribution < 1.29 is 9.53 Å². The molecule has 2 aliphatic rings. The summed E-state index contributed by atoms with van der Waals surface area (Å²) < 4.78 is 5.77. The van der Waals surface area contributed by atoms with E-state index in [0.29, 0.717) is 6.54 Å². The van der Waals surface area contributed by atoms with Crippen LogP contribution in [0.15, 0.2) is 30.3 Å². The molecular weight excluding hydrogens is 361 g/mol. The number of carbonyl (C=O) groups excluding carboxylic acids is 1. The largest absolute Gasteiger partial charge is 0.369 e. The molecule has 2 saturated heterocycles. The van der Waals surface area contributed by atoms with Gasteiger partial charge in [0.1, 0.15) is 6.10 Å². The minimum atomic E-state index is -0.305. The van der Waals surface area contributed by atoms with Crippen LogP contribution in [0.4, 0.5) is 5.69 Å². The molecule has 0 aromatic heterocycles. The van der Waals surface area contributed by atoms with Crippen LogP contribution in [-0.2, 0) is 9.53 Å². The van der Waals surface area contributed by atoms with Crippen molar-refractivity contribution in [2.75, 3.05) is 31.6 Å². The Balaban J connectivity index is 0.00000156. The van der Waals surface area contributed by atoms with E-state index in [1.807, 2.05) is 18.0 Å². The van der Waals surface area contributed by atoms with Gasteiger partial charge in [0, 0.05) is 38.4 Å². The second kappa shape index (κ2) is 10.2. The number of rotatable bonds is 4. The van der Waals surface area contributed by atoms with Crippen molar-refractivity contribution in [1.82, 2.24) is 4.90 Å². The molecule has 3 atom stereocenters. The molecule has 2 aliphatic heterocycles. The molecule has 5 nitrogen and oxygen atoms in total. The fraction of sp³-hybridized carbons (Fsp3) is 0.611. The number of ether oxygens (including phenoxy) is 1. The second-order valence-electron chi connectivity index (χ2n) is 6.59. The third-order valence-electron chi connectivity index (χ3n) is 5.06. The number of para-hydroxylation sites is 1. The molecule has 25 heavy (non-hydrogen) atoms. The van der Waals surface area contributed by atoms with Crippen LogP contribution in [0.3, 0.4) is 0 Å². The number of anilines is 1. The van der Waals surface area contributed by atoms with Gasteiger partial charge in [-0.1, -0.05) is 18.2 Å². The lowest BCUT2D eigenvalue weighted by molar-refractivity contribution is -0.143. The Morgan fingerprint density at radius 3 is 2.60 bits per heavy atom. The van der Waals surface area contributed by atoms with Gasteiger partial charge in [-0.05, 0) is 37.8 Å². The van der Waals surface area contributed by atoms with Crippen molar-refractivity contribution in [3.63, 3.8) is 0 Å². The average Bonchev–Trinajstić information content (AvgIpc) is 3.10. The van der Waals surface area contributed by atoms with Crippen LogP contribution in [0.1, 0.15) is 25.7 Å². The van der Waals surface area contributed by atoms with Crippen molar-refractivity contribution in [3.8, 4) is 0 Å². The first-order chi connectivity index (χ1) is 11.2. The van der Waals surface area contributed by atoms with Gasteiger partial charge in [0.2, 0.25) is 0 Å². The first-order valence-corrected chi connectivity index (χ1v) is 8.61. The quantitative estimate of drug-likeness (QED) is 0.858. The number of carbonyl (C=O) groups is 1. The van der Waals surface area contributed by atoms with Crippen LogP contribution < -0.4 is 10.6 Å². The Bertz CT molecular complexity index is 532. The average molecular weight is 390 g/mol. The maximum atomic E-state index is 12.7. The Morgan fingerprint density at radius 1 is 1.24 bits per heavy atom. The monoisotopic (exact) mass is 389 g/mol. The van der Waals surface area contributed by atoms with Gasteiger partial charge in [0.25, 0.3) is 5.91 Å². The predicted molar refractivity (Wildman–Crippen MR) is 106 cm³/mol. The van der Waals surface area contributed by atoms with Crippen LogP contribution in [-0.4, -0.2) is 55.7 Å². The highest BCUT2D eigenvalue weighted by atomic mass is 35.5. The number of likely N-dealkylation sites (N-methyl/N-ethyl adjacent to an activating group) is 1. The smallest absolute Gasteiger partial charge is 0.251 e. The molecule has 2 heterocycles. The van der Waals surface area contributed by atoms with Gasteiger partial charge in [-0.2, -0.15) is 0 Å². The van der Waals surface area contributed by atoms with Gasteiger partial charge in [-0.15, -0.1) is 24.8 Å². The van der Waals surface area contributed by atoms with Crippen LogP contribution in [0, 0.1) is 0 Å². The van der Waals surface area contributed by atoms with Crippen LogP contribution in [0.5, 0.6) is 0 Å². The van der Waals surface area contributed by atoms with E-state index in [9.17, 15) is 4.79 Å². The van der Waals surface area contributed by atoms with E-state index < -0.39 is 0 Å². The Labute approximate surface area is 162 Å². The molecule has 0 aliphatic carbocycles. The molecule has 0 bridgehead atoms. The normalized spacial score (nSPS) is 25.7. The maximum absolute atomic E-state index is 12.7. The van der Waals surface area contributed by atoms with Crippen molar-refractivity contribution >= 4 is 36.4 Å². The molecule has 1 amide bonds. The third kappa shape index (κ3) is 5.23. The minimum Gasteiger partial charge on any atom is -0.369 e. The van der Waals surface area contributed by atoms with Gasteiger partial charge in [-0.25, -0.2) is 0 Å². The fourth-order valence-corrected chi connectivity index (χ4v) is 3.61. The Hall–Kier alpha value is -1.01. The van der Waals surface area contributed by atoms with E-state index in [4.69, 9.17) is 10.5 Å². The number of benzene rings is 1. The van der Waals surface area contributed by atoms with Crippen LogP contribution in [0.2, 0.25) is 0 Å². The zero-order valence-corrected chi connectivity index (χ0v) is 16.3. The van der Waals surface area contributed by atoms with Gasteiger partial charge in [-0.3, -0.25) is 4.79 Å². The lowest BCUT2D eigenvalue weighted by Crippen LogP contribution is -2.51. The standard InChI is InChI=1S/C18H27N3O2.2ClH/c1-20(18(22)17-10-9-16(12-19)23-17)15-8-5-11-21(13-15)14-6-3-2-4-7-14;;/h2-4,6-7,15-17H,5,8-13,19H2,1H3;2*1H/t15?,16-,17+;;/m1../s1. The summed E-state index contributed by atoms with van der Waals surface area (Å²) in [7, 11) is 1.92. The molecule has 0 radical (unpaired) electrons. The van der Waals surface area contributed by atoms with Crippen molar-refractivity contribution in [1.29, 1.82) is 0 Å². The maximum Gasteiger partial charge on any atom is 0.251 e. The molecule has 1 aromatic carbocycles. The second-order valence-corrected chi connectivity index (χ2v) is 6.59. The zero-order chi connectivity index (χ0) is 16.2. The van der Waals surface area contributed by atoms with E-state index in [-0.39, 0.29) is 49.0 Å². The van der Waals surface area contributed by atoms with Gasteiger partial charge in [0.05, 0.1) is 6.10 Å². The van der Waals surface area contributed by atoms with Crippen LogP contribution in [0.25, 0.3) is 0 Å². The van der Waals surface area contributed by atoms with E-state index in [2.05, 4.69) is 29.2 Å². The molecule has 142 valence electrons. The molecular formula is C18H29Cl2N3O2. The van der Waals surface area contributed by atoms with E-state index >= 15 is 0 Å². The molecule has 2 N–H and O–H groups in total. The summed E-state index contributed by atoms with van der Waals surface area (Å²) >= 11 is 0. The number of piperidine rings is 1. The number of nitrogens with two attached hydrogens (primary N) is 1. The summed E-state index contributed by atoms with van der Waals surface area (Å²) in [6, 6.07) is 10.7. The predicted octanol–water partition coefficient (Wildman–Crippen LogP) is 2.46. The highest BCUT2D eigenvalue weighted by Gasteiger charge is 2.35. The molecule has 0 saturated carbocycles. The molecule has 3 rings (SSSR count). The highest BCUT2D eigenvalue weighted by molar-refractivity contribution is 5.85. The Morgan fingerprint density at radius 2 is 1.96 bits per heavy atom. The third-order valence-corrected chi connectivity index (χ3v) is 5.06. The SMILES string of the molecule is CN(C(=O)[C@@H]1CC[C@H](CN)O1)C1CCCN(c2ccccc2)C1.Cl.Cl. The zero-order valence-electron chi connectivity index (χ0n) is 14.7. The topological polar surface area (TPSA) is 58.8 Å². The van der Waals surface area contributed by atoms with Crippen molar-refractivity contribution in [3.05, 3.63) is 30.3 Å². The fourth-order valence-electron chi connectivity index (χ4n) is 3.61.